The third kappa shape index (κ3) is 5.36. The minimum Gasteiger partial charge on any atom is -0.331 e. The summed E-state index contributed by atoms with van der Waals surface area (Å²) in [6.45, 7) is 1.83. The molecule has 0 aromatic rings. The average Bonchev–Trinajstić information content (AvgIpc) is 1.98. The van der Waals surface area contributed by atoms with Gasteiger partial charge in [0.2, 0.25) is 0 Å². The van der Waals surface area contributed by atoms with Crippen molar-refractivity contribution in [1.82, 2.24) is 0 Å². The molecular weight excluding hydrogens is 172 g/mol. The van der Waals surface area contributed by atoms with Crippen molar-refractivity contribution < 1.29 is 0 Å². The van der Waals surface area contributed by atoms with Crippen LogP contribution in [-0.4, -0.2) is 39.7 Å². The standard InChI is InChI=1S/C5H20N2Si3/c6-2-1-4-10(9-8)5-3-7/h10H,1-7,9H2,8H3. The third-order valence-corrected chi connectivity index (χ3v) is 21.8. The summed E-state index contributed by atoms with van der Waals surface area (Å²) in [7, 11) is 1.71. The second kappa shape index (κ2) is 7.68. The lowest BCUT2D eigenvalue weighted by Crippen LogP contribution is -2.26. The van der Waals surface area contributed by atoms with Crippen LogP contribution in [0, 0.1) is 0 Å². The maximum absolute atomic E-state index is 5.52. The van der Waals surface area contributed by atoms with Crippen molar-refractivity contribution in [3.8, 4) is 0 Å². The normalized spacial score (nSPS) is 15.0. The summed E-state index contributed by atoms with van der Waals surface area (Å²) < 4.78 is 0. The van der Waals surface area contributed by atoms with Crippen LogP contribution in [0.1, 0.15) is 6.42 Å². The van der Waals surface area contributed by atoms with Gasteiger partial charge in [-0.3, -0.25) is 0 Å². The van der Waals surface area contributed by atoms with Gasteiger partial charge in [0.05, 0.1) is 0 Å². The molecule has 0 radical (unpaired) electrons. The summed E-state index contributed by atoms with van der Waals surface area (Å²) in [4.78, 5) is 0. The van der Waals surface area contributed by atoms with E-state index in [1.165, 1.54) is 28.3 Å². The van der Waals surface area contributed by atoms with E-state index in [0.29, 0.717) is 8.55 Å². The summed E-state index contributed by atoms with van der Waals surface area (Å²) >= 11 is 0. The van der Waals surface area contributed by atoms with Crippen molar-refractivity contribution in [2.24, 2.45) is 11.5 Å². The Labute approximate surface area is 70.2 Å². The zero-order valence-corrected chi connectivity index (χ0v) is 11.5. The fourth-order valence-electron chi connectivity index (χ4n) is 1.19. The van der Waals surface area contributed by atoms with Gasteiger partial charge in [0.15, 0.2) is 0 Å². The Bertz CT molecular complexity index is 71.9. The molecule has 0 aliphatic heterocycles. The first kappa shape index (κ1) is 10.6. The number of rotatable bonds is 6. The molecule has 0 aromatic carbocycles. The Kier molecular flexibility index (Phi) is 8.11. The molecule has 2 nitrogen and oxygen atoms in total. The summed E-state index contributed by atoms with van der Waals surface area (Å²) in [5, 5.41) is 0. The van der Waals surface area contributed by atoms with Crippen LogP contribution in [0.25, 0.3) is 0 Å². The smallest absolute Gasteiger partial charge is 0.0221 e. The topological polar surface area (TPSA) is 52.0 Å². The molecule has 5 heteroatoms. The van der Waals surface area contributed by atoms with E-state index in [9.17, 15) is 0 Å². The highest BCUT2D eigenvalue weighted by atomic mass is 29.5. The van der Waals surface area contributed by atoms with Crippen molar-refractivity contribution in [3.05, 3.63) is 0 Å². The quantitative estimate of drug-likeness (QED) is 0.456. The van der Waals surface area contributed by atoms with Crippen molar-refractivity contribution >= 4 is 26.6 Å². The molecule has 0 aliphatic rings. The molecule has 62 valence electrons. The number of nitrogens with two attached hydrogens (primary N) is 2. The Hall–Kier alpha value is 0.571. The molecule has 0 aromatic heterocycles. The largest absolute Gasteiger partial charge is 0.331 e. The first-order valence-corrected chi connectivity index (χ1v) is 14.8. The van der Waals surface area contributed by atoms with E-state index in [1.807, 2.05) is 0 Å². The van der Waals surface area contributed by atoms with Gasteiger partial charge in [-0.15, -0.1) is 0 Å². The predicted octanol–water partition coefficient (Wildman–Crippen LogP) is -2.53. The van der Waals surface area contributed by atoms with Gasteiger partial charge in [-0.1, -0.05) is 12.1 Å². The lowest BCUT2D eigenvalue weighted by Gasteiger charge is -2.09. The van der Waals surface area contributed by atoms with Gasteiger partial charge in [0, 0.05) is 8.31 Å². The first-order valence-electron chi connectivity index (χ1n) is 4.25. The van der Waals surface area contributed by atoms with Crippen molar-refractivity contribution in [1.29, 1.82) is 0 Å². The predicted molar refractivity (Wildman–Crippen MR) is 58.0 cm³/mol. The van der Waals surface area contributed by atoms with Crippen molar-refractivity contribution in [2.45, 2.75) is 18.5 Å². The van der Waals surface area contributed by atoms with Crippen LogP contribution in [0.2, 0.25) is 12.1 Å². The van der Waals surface area contributed by atoms with E-state index in [0.717, 1.165) is 13.1 Å². The monoisotopic (exact) mass is 192 g/mol. The molecule has 0 aliphatic carbocycles. The molecule has 0 saturated carbocycles. The number of hydrogen-bond acceptors (Lipinski definition) is 2. The first-order chi connectivity index (χ1) is 4.85. The molecule has 4 N–H and O–H groups in total. The van der Waals surface area contributed by atoms with E-state index in [1.54, 1.807) is 0 Å². The van der Waals surface area contributed by atoms with Gasteiger partial charge in [-0.25, -0.2) is 0 Å². The van der Waals surface area contributed by atoms with E-state index in [2.05, 4.69) is 0 Å². The molecule has 0 amide bonds. The Morgan fingerprint density at radius 3 is 2.30 bits per heavy atom. The Balaban J connectivity index is 3.21. The van der Waals surface area contributed by atoms with Gasteiger partial charge >= 0.3 is 0 Å². The lowest BCUT2D eigenvalue weighted by molar-refractivity contribution is 0.917. The highest BCUT2D eigenvalue weighted by Gasteiger charge is 2.05. The van der Waals surface area contributed by atoms with Crippen LogP contribution in [-0.2, 0) is 0 Å². The van der Waals surface area contributed by atoms with Gasteiger partial charge in [0.1, 0.15) is 0 Å². The molecule has 0 heterocycles. The maximum atomic E-state index is 5.52. The van der Waals surface area contributed by atoms with E-state index < -0.39 is 0 Å². The molecular formula is C5H20N2Si3. The van der Waals surface area contributed by atoms with Crippen LogP contribution in [0.5, 0.6) is 0 Å². The van der Waals surface area contributed by atoms with Crippen LogP contribution in [0.3, 0.4) is 0 Å². The summed E-state index contributed by atoms with van der Waals surface area (Å²) in [6, 6.07) is 2.89. The molecule has 0 saturated heterocycles. The maximum Gasteiger partial charge on any atom is 0.0221 e. The van der Waals surface area contributed by atoms with Crippen molar-refractivity contribution in [2.75, 3.05) is 13.1 Å². The molecule has 1 atom stereocenters. The number of hydrogen-bond donors (Lipinski definition) is 2. The zero-order valence-electron chi connectivity index (χ0n) is 6.97. The fourth-order valence-corrected chi connectivity index (χ4v) is 15.0. The van der Waals surface area contributed by atoms with E-state index in [4.69, 9.17) is 11.5 Å². The SMILES string of the molecule is NCCC[SiH](CCN)[SiH2][SiH3]. The van der Waals surface area contributed by atoms with Crippen LogP contribution < -0.4 is 11.5 Å². The summed E-state index contributed by atoms with van der Waals surface area (Å²) in [5.74, 6) is 0. The van der Waals surface area contributed by atoms with Crippen molar-refractivity contribution in [3.63, 3.8) is 0 Å². The highest BCUT2D eigenvalue weighted by molar-refractivity contribution is 7.31. The summed E-state index contributed by atoms with van der Waals surface area (Å²) in [6.07, 6.45) is 1.27. The van der Waals surface area contributed by atoms with Gasteiger partial charge < -0.3 is 11.5 Å². The lowest BCUT2D eigenvalue weighted by atomic mass is 10.5. The second-order valence-electron chi connectivity index (χ2n) is 2.78. The van der Waals surface area contributed by atoms with E-state index >= 15 is 0 Å². The minimum absolute atomic E-state index is 0.235. The molecule has 0 spiro atoms. The van der Waals surface area contributed by atoms with Crippen LogP contribution >= 0.6 is 0 Å². The molecule has 1 unspecified atom stereocenters. The van der Waals surface area contributed by atoms with Gasteiger partial charge in [-0.2, -0.15) is 0 Å². The fraction of sp³-hybridized carbons (Fsp3) is 1.00. The Morgan fingerprint density at radius 2 is 1.90 bits per heavy atom. The van der Waals surface area contributed by atoms with Crippen LogP contribution in [0.15, 0.2) is 0 Å². The highest BCUT2D eigenvalue weighted by Crippen LogP contribution is 1.98. The average molecular weight is 192 g/mol. The van der Waals surface area contributed by atoms with E-state index in [-0.39, 0.29) is 8.31 Å². The second-order valence-corrected chi connectivity index (χ2v) is 19.7. The minimum atomic E-state index is -0.235. The molecule has 0 rings (SSSR count). The van der Waals surface area contributed by atoms with Crippen LogP contribution in [0.4, 0.5) is 0 Å². The van der Waals surface area contributed by atoms with Gasteiger partial charge in [0.25, 0.3) is 0 Å². The molecule has 0 bridgehead atoms. The Morgan fingerprint density at radius 1 is 1.20 bits per heavy atom. The molecule has 10 heavy (non-hydrogen) atoms. The van der Waals surface area contributed by atoms with Gasteiger partial charge in [-0.05, 0) is 37.8 Å². The zero-order chi connectivity index (χ0) is 7.82. The third-order valence-electron chi connectivity index (χ3n) is 1.97. The summed E-state index contributed by atoms with van der Waals surface area (Å²) in [5.41, 5.74) is 11.0. The molecule has 0 fully saturated rings.